The van der Waals surface area contributed by atoms with Crippen LogP contribution in [0.2, 0.25) is 0 Å². The van der Waals surface area contributed by atoms with Crippen LogP contribution < -0.4 is 10.9 Å². The van der Waals surface area contributed by atoms with Gasteiger partial charge in [0, 0.05) is 36.8 Å². The first kappa shape index (κ1) is 24.2. The second-order valence-electron chi connectivity index (χ2n) is 10.7. The van der Waals surface area contributed by atoms with Crippen LogP contribution >= 0.6 is 0 Å². The molecule has 188 valence electrons. The van der Waals surface area contributed by atoms with Gasteiger partial charge in [0.25, 0.3) is 11.5 Å². The molecule has 5 rings (SSSR count). The molecule has 1 amide bonds. The largest absolute Gasteiger partial charge is 0.393 e. The number of pyridine rings is 1. The van der Waals surface area contributed by atoms with E-state index in [1.807, 2.05) is 36.4 Å². The maximum absolute atomic E-state index is 12.8. The number of aromatic amines is 1. The van der Waals surface area contributed by atoms with E-state index in [0.29, 0.717) is 25.8 Å². The maximum Gasteiger partial charge on any atom is 0.261 e. The van der Waals surface area contributed by atoms with Gasteiger partial charge in [-0.1, -0.05) is 43.2 Å². The standard InChI is InChI=1S/C28H37N3O4/c32-22-13-10-20(11-14-22)29-26(33)23-15-12-21(30-27(23)34)18-31-17-16-28(35,19-6-2-1-3-7-19)24-8-4-5-9-25(24)31/h1-3,6-7,12,15,20,22,24-25,32,35H,4-5,8-11,13-14,16-18H2,(H,29,33)(H,30,34)/t20?,22?,24-,25-,28+/m1/s1. The lowest BCUT2D eigenvalue weighted by molar-refractivity contribution is -0.123. The van der Waals surface area contributed by atoms with Crippen molar-refractivity contribution in [3.63, 3.8) is 0 Å². The second kappa shape index (κ2) is 10.2. The SMILES string of the molecule is O=C(NC1CCC(O)CC1)c1ccc(CN2CC[C@](O)(c3ccccc3)[C@@H]3CCCC[C@H]32)[nH]c1=O. The smallest absolute Gasteiger partial charge is 0.261 e. The van der Waals surface area contributed by atoms with Crippen molar-refractivity contribution in [3.8, 4) is 0 Å². The van der Waals surface area contributed by atoms with Gasteiger partial charge < -0.3 is 20.5 Å². The van der Waals surface area contributed by atoms with Crippen LogP contribution in [0.1, 0.15) is 79.4 Å². The lowest BCUT2D eigenvalue weighted by atomic mass is 9.66. The van der Waals surface area contributed by atoms with Crippen molar-refractivity contribution in [1.82, 2.24) is 15.2 Å². The van der Waals surface area contributed by atoms with E-state index in [0.717, 1.165) is 56.3 Å². The van der Waals surface area contributed by atoms with Crippen LogP contribution in [0.3, 0.4) is 0 Å². The van der Waals surface area contributed by atoms with Gasteiger partial charge in [0.1, 0.15) is 5.56 Å². The van der Waals surface area contributed by atoms with Crippen LogP contribution in [0.15, 0.2) is 47.3 Å². The molecule has 0 unspecified atom stereocenters. The summed E-state index contributed by atoms with van der Waals surface area (Å²) in [4.78, 5) is 30.8. The number of carbonyl (C=O) groups excluding carboxylic acids is 1. The van der Waals surface area contributed by atoms with Crippen LogP contribution in [0.4, 0.5) is 0 Å². The molecule has 2 aliphatic carbocycles. The Morgan fingerprint density at radius 1 is 1.03 bits per heavy atom. The molecule has 3 atom stereocenters. The van der Waals surface area contributed by atoms with Gasteiger partial charge in [-0.25, -0.2) is 0 Å². The number of hydrogen-bond donors (Lipinski definition) is 4. The lowest BCUT2D eigenvalue weighted by Gasteiger charge is -2.52. The maximum atomic E-state index is 12.8. The molecular formula is C28H37N3O4. The molecule has 35 heavy (non-hydrogen) atoms. The summed E-state index contributed by atoms with van der Waals surface area (Å²) < 4.78 is 0. The van der Waals surface area contributed by atoms with Crippen LogP contribution in [0, 0.1) is 5.92 Å². The van der Waals surface area contributed by atoms with Crippen molar-refractivity contribution in [1.29, 1.82) is 0 Å². The van der Waals surface area contributed by atoms with Gasteiger partial charge in [0.2, 0.25) is 0 Å². The normalized spacial score (nSPS) is 31.5. The molecule has 2 saturated carbocycles. The molecule has 4 N–H and O–H groups in total. The number of amides is 1. The van der Waals surface area contributed by atoms with Crippen molar-refractivity contribution < 1.29 is 15.0 Å². The van der Waals surface area contributed by atoms with Crippen LogP contribution in [-0.2, 0) is 12.1 Å². The molecule has 2 aromatic rings. The van der Waals surface area contributed by atoms with Crippen LogP contribution in [0.25, 0.3) is 0 Å². The molecule has 1 aromatic heterocycles. The summed E-state index contributed by atoms with van der Waals surface area (Å²) in [5.74, 6) is -0.185. The first-order valence-electron chi connectivity index (χ1n) is 13.2. The zero-order valence-electron chi connectivity index (χ0n) is 20.3. The van der Waals surface area contributed by atoms with Gasteiger partial charge in [-0.2, -0.15) is 0 Å². The predicted octanol–water partition coefficient (Wildman–Crippen LogP) is 3.06. The first-order valence-corrected chi connectivity index (χ1v) is 13.2. The van der Waals surface area contributed by atoms with Crippen molar-refractivity contribution >= 4 is 5.91 Å². The van der Waals surface area contributed by atoms with E-state index in [4.69, 9.17) is 0 Å². The average Bonchev–Trinajstić information content (AvgIpc) is 2.88. The third-order valence-corrected chi connectivity index (χ3v) is 8.49. The molecular weight excluding hydrogens is 442 g/mol. The number of piperidine rings is 1. The number of H-pyrrole nitrogens is 1. The Kier molecular flexibility index (Phi) is 7.09. The molecule has 0 bridgehead atoms. The number of aliphatic hydroxyl groups excluding tert-OH is 1. The monoisotopic (exact) mass is 479 g/mol. The molecule has 7 heteroatoms. The number of likely N-dealkylation sites (tertiary alicyclic amines) is 1. The number of fused-ring (bicyclic) bond motifs is 1. The van der Waals surface area contributed by atoms with E-state index >= 15 is 0 Å². The van der Waals surface area contributed by atoms with E-state index in [1.54, 1.807) is 6.07 Å². The van der Waals surface area contributed by atoms with Crippen LogP contribution in [-0.4, -0.2) is 50.7 Å². The average molecular weight is 480 g/mol. The number of hydrogen-bond acceptors (Lipinski definition) is 5. The Morgan fingerprint density at radius 2 is 1.77 bits per heavy atom. The van der Waals surface area contributed by atoms with Gasteiger partial charge in [0.05, 0.1) is 11.7 Å². The highest BCUT2D eigenvalue weighted by atomic mass is 16.3. The molecule has 2 heterocycles. The molecule has 1 saturated heterocycles. The zero-order chi connectivity index (χ0) is 24.4. The fraction of sp³-hybridized carbons (Fsp3) is 0.571. The number of rotatable bonds is 5. The quantitative estimate of drug-likeness (QED) is 0.528. The Bertz CT molecular complexity index is 1080. The van der Waals surface area contributed by atoms with Gasteiger partial charge in [-0.3, -0.25) is 14.5 Å². The summed E-state index contributed by atoms with van der Waals surface area (Å²) >= 11 is 0. The van der Waals surface area contributed by atoms with Crippen LogP contribution in [0.5, 0.6) is 0 Å². The second-order valence-corrected chi connectivity index (χ2v) is 10.7. The number of aromatic nitrogens is 1. The van der Waals surface area contributed by atoms with Crippen molar-refractivity contribution in [2.45, 2.75) is 88.1 Å². The summed E-state index contributed by atoms with van der Waals surface area (Å²) in [6.07, 6.45) is 7.52. The van der Waals surface area contributed by atoms with E-state index in [-0.39, 0.29) is 41.1 Å². The first-order chi connectivity index (χ1) is 16.9. The van der Waals surface area contributed by atoms with E-state index in [9.17, 15) is 19.8 Å². The van der Waals surface area contributed by atoms with Crippen molar-refractivity contribution in [3.05, 3.63) is 69.6 Å². The Hall–Kier alpha value is -2.48. The molecule has 7 nitrogen and oxygen atoms in total. The van der Waals surface area contributed by atoms with E-state index in [1.165, 1.54) is 0 Å². The number of nitrogens with zero attached hydrogens (tertiary/aromatic N) is 1. The highest BCUT2D eigenvalue weighted by molar-refractivity contribution is 5.94. The van der Waals surface area contributed by atoms with Crippen molar-refractivity contribution in [2.24, 2.45) is 5.92 Å². The third kappa shape index (κ3) is 5.08. The molecule has 3 aliphatic rings. The fourth-order valence-electron chi connectivity index (χ4n) is 6.54. The van der Waals surface area contributed by atoms with Gasteiger partial charge in [-0.15, -0.1) is 0 Å². The van der Waals surface area contributed by atoms with E-state index < -0.39 is 5.60 Å². The summed E-state index contributed by atoms with van der Waals surface area (Å²) in [7, 11) is 0. The Labute approximate surface area is 206 Å². The molecule has 0 radical (unpaired) electrons. The highest BCUT2D eigenvalue weighted by Gasteiger charge is 2.49. The fourth-order valence-corrected chi connectivity index (χ4v) is 6.54. The molecule has 1 aliphatic heterocycles. The van der Waals surface area contributed by atoms with Gasteiger partial charge in [0.15, 0.2) is 0 Å². The topological polar surface area (TPSA) is 106 Å². The minimum absolute atomic E-state index is 0.00456. The minimum Gasteiger partial charge on any atom is -0.393 e. The summed E-state index contributed by atoms with van der Waals surface area (Å²) in [5, 5.41) is 24.4. The summed E-state index contributed by atoms with van der Waals surface area (Å²) in [6.45, 7) is 1.36. The number of aliphatic hydroxyl groups is 2. The zero-order valence-corrected chi connectivity index (χ0v) is 20.3. The van der Waals surface area contributed by atoms with Gasteiger partial charge >= 0.3 is 0 Å². The summed E-state index contributed by atoms with van der Waals surface area (Å²) in [6, 6.07) is 13.8. The summed E-state index contributed by atoms with van der Waals surface area (Å²) in [5.41, 5.74) is 0.754. The number of carbonyl (C=O) groups is 1. The predicted molar refractivity (Wildman–Crippen MR) is 134 cm³/mol. The van der Waals surface area contributed by atoms with E-state index in [2.05, 4.69) is 15.2 Å². The number of benzene rings is 1. The Balaban J connectivity index is 1.27. The molecule has 1 aromatic carbocycles. The van der Waals surface area contributed by atoms with Gasteiger partial charge in [-0.05, 0) is 62.6 Å². The highest BCUT2D eigenvalue weighted by Crippen LogP contribution is 2.47. The minimum atomic E-state index is -0.812. The third-order valence-electron chi connectivity index (χ3n) is 8.49. The molecule has 0 spiro atoms. The number of nitrogens with one attached hydrogen (secondary N) is 2. The van der Waals surface area contributed by atoms with Crippen molar-refractivity contribution in [2.75, 3.05) is 6.54 Å². The Morgan fingerprint density at radius 3 is 2.51 bits per heavy atom. The molecule has 3 fully saturated rings. The lowest BCUT2D eigenvalue weighted by Crippen LogP contribution is -2.57.